The van der Waals surface area contributed by atoms with Gasteiger partial charge in [-0.05, 0) is 73.1 Å². The zero-order chi connectivity index (χ0) is 15.6. The number of nitrogen functional groups attached to an aromatic ring is 1. The predicted molar refractivity (Wildman–Crippen MR) is 95.4 cm³/mol. The Labute approximate surface area is 138 Å². The lowest BCUT2D eigenvalue weighted by molar-refractivity contribution is 0.324. The highest BCUT2D eigenvalue weighted by Gasteiger charge is 2.18. The molecule has 0 fully saturated rings. The summed E-state index contributed by atoms with van der Waals surface area (Å²) in [5.74, 6) is 1.01. The molecule has 2 aromatic carbocycles. The summed E-state index contributed by atoms with van der Waals surface area (Å²) in [6, 6.07) is 12.8. The molecule has 1 aliphatic carbocycles. The number of nitrogens with zero attached hydrogens (tertiary/aromatic N) is 1. The summed E-state index contributed by atoms with van der Waals surface area (Å²) in [5, 5.41) is 0. The SMILES string of the molecule is Nc1ccc2c(c1)N(CCOc1ccc3c(c1)CCCC3)CC2. The van der Waals surface area contributed by atoms with Crippen LogP contribution in [-0.2, 0) is 19.3 Å². The van der Waals surface area contributed by atoms with E-state index in [0.717, 1.165) is 30.9 Å². The number of hydrogen-bond acceptors (Lipinski definition) is 3. The molecule has 0 aromatic heterocycles. The van der Waals surface area contributed by atoms with Crippen LogP contribution in [0.2, 0.25) is 0 Å². The Balaban J connectivity index is 1.37. The minimum absolute atomic E-state index is 0.715. The lowest BCUT2D eigenvalue weighted by atomic mass is 9.92. The van der Waals surface area contributed by atoms with E-state index in [2.05, 4.69) is 35.2 Å². The Kier molecular flexibility index (Phi) is 3.86. The van der Waals surface area contributed by atoms with Gasteiger partial charge in [0.05, 0.1) is 6.54 Å². The lowest BCUT2D eigenvalue weighted by Gasteiger charge is -2.21. The Morgan fingerprint density at radius 3 is 2.65 bits per heavy atom. The topological polar surface area (TPSA) is 38.5 Å². The molecule has 3 heteroatoms. The fourth-order valence-electron chi connectivity index (χ4n) is 3.77. The molecule has 0 amide bonds. The normalized spacial score (nSPS) is 16.1. The van der Waals surface area contributed by atoms with Crippen molar-refractivity contribution < 1.29 is 4.74 Å². The van der Waals surface area contributed by atoms with Crippen LogP contribution in [0.15, 0.2) is 36.4 Å². The molecule has 0 atom stereocenters. The third-order valence-corrected chi connectivity index (χ3v) is 5.05. The largest absolute Gasteiger partial charge is 0.492 e. The van der Waals surface area contributed by atoms with E-state index in [-0.39, 0.29) is 0 Å². The molecule has 0 saturated carbocycles. The van der Waals surface area contributed by atoms with Crippen molar-refractivity contribution in [3.63, 3.8) is 0 Å². The smallest absolute Gasteiger partial charge is 0.119 e. The highest BCUT2D eigenvalue weighted by Crippen LogP contribution is 2.30. The second kappa shape index (κ2) is 6.15. The van der Waals surface area contributed by atoms with E-state index in [1.807, 2.05) is 6.07 Å². The van der Waals surface area contributed by atoms with E-state index in [9.17, 15) is 0 Å². The molecular formula is C20H24N2O. The fourth-order valence-corrected chi connectivity index (χ4v) is 3.77. The quantitative estimate of drug-likeness (QED) is 0.877. The Morgan fingerprint density at radius 2 is 1.74 bits per heavy atom. The zero-order valence-corrected chi connectivity index (χ0v) is 13.6. The van der Waals surface area contributed by atoms with Gasteiger partial charge in [-0.15, -0.1) is 0 Å². The molecule has 3 nitrogen and oxygen atoms in total. The predicted octanol–water partition coefficient (Wildman–Crippen LogP) is 3.59. The van der Waals surface area contributed by atoms with Crippen LogP contribution in [0.4, 0.5) is 11.4 Å². The first-order chi connectivity index (χ1) is 11.3. The van der Waals surface area contributed by atoms with Gasteiger partial charge in [0.2, 0.25) is 0 Å². The van der Waals surface area contributed by atoms with E-state index in [4.69, 9.17) is 10.5 Å². The number of aryl methyl sites for hydroxylation is 2. The lowest BCUT2D eigenvalue weighted by Crippen LogP contribution is -2.26. The van der Waals surface area contributed by atoms with Gasteiger partial charge in [-0.25, -0.2) is 0 Å². The minimum atomic E-state index is 0.715. The molecule has 0 bridgehead atoms. The van der Waals surface area contributed by atoms with Gasteiger partial charge >= 0.3 is 0 Å². The van der Waals surface area contributed by atoms with Gasteiger partial charge in [0.15, 0.2) is 0 Å². The maximum atomic E-state index is 6.01. The molecule has 1 aliphatic heterocycles. The van der Waals surface area contributed by atoms with Crippen LogP contribution in [0.25, 0.3) is 0 Å². The number of benzene rings is 2. The first-order valence-electron chi connectivity index (χ1n) is 8.67. The van der Waals surface area contributed by atoms with Gasteiger partial charge in [0.1, 0.15) is 12.4 Å². The van der Waals surface area contributed by atoms with Crippen molar-refractivity contribution in [2.75, 3.05) is 30.3 Å². The monoisotopic (exact) mass is 308 g/mol. The molecular weight excluding hydrogens is 284 g/mol. The van der Waals surface area contributed by atoms with Crippen LogP contribution in [0, 0.1) is 0 Å². The van der Waals surface area contributed by atoms with E-state index >= 15 is 0 Å². The average Bonchev–Trinajstić information content (AvgIpc) is 2.97. The number of fused-ring (bicyclic) bond motifs is 2. The van der Waals surface area contributed by atoms with Crippen LogP contribution in [0.3, 0.4) is 0 Å². The summed E-state index contributed by atoms with van der Waals surface area (Å²) >= 11 is 0. The summed E-state index contributed by atoms with van der Waals surface area (Å²) in [4.78, 5) is 2.38. The van der Waals surface area contributed by atoms with Crippen LogP contribution in [0.1, 0.15) is 29.5 Å². The second-order valence-corrected chi connectivity index (χ2v) is 6.61. The Hall–Kier alpha value is -2.16. The third kappa shape index (κ3) is 3.00. The molecule has 2 aliphatic rings. The van der Waals surface area contributed by atoms with Crippen molar-refractivity contribution in [2.45, 2.75) is 32.1 Å². The molecule has 2 aromatic rings. The van der Waals surface area contributed by atoms with Crippen molar-refractivity contribution in [3.8, 4) is 5.75 Å². The van der Waals surface area contributed by atoms with Crippen LogP contribution >= 0.6 is 0 Å². The number of anilines is 2. The number of ether oxygens (including phenoxy) is 1. The molecule has 0 saturated heterocycles. The van der Waals surface area contributed by atoms with Crippen molar-refractivity contribution in [3.05, 3.63) is 53.1 Å². The van der Waals surface area contributed by atoms with Gasteiger partial charge in [0.25, 0.3) is 0 Å². The molecule has 120 valence electrons. The summed E-state index contributed by atoms with van der Waals surface area (Å²) in [6.45, 7) is 2.69. The van der Waals surface area contributed by atoms with E-state index in [1.165, 1.54) is 48.1 Å². The van der Waals surface area contributed by atoms with Crippen LogP contribution in [0.5, 0.6) is 5.75 Å². The third-order valence-electron chi connectivity index (χ3n) is 5.05. The van der Waals surface area contributed by atoms with Crippen molar-refractivity contribution in [1.29, 1.82) is 0 Å². The number of rotatable bonds is 4. The van der Waals surface area contributed by atoms with Crippen LogP contribution in [-0.4, -0.2) is 19.7 Å². The summed E-state index contributed by atoms with van der Waals surface area (Å²) in [7, 11) is 0. The van der Waals surface area contributed by atoms with Gasteiger partial charge in [-0.3, -0.25) is 0 Å². The van der Waals surface area contributed by atoms with Gasteiger partial charge < -0.3 is 15.4 Å². The van der Waals surface area contributed by atoms with Crippen molar-refractivity contribution in [1.82, 2.24) is 0 Å². The maximum absolute atomic E-state index is 6.01. The first-order valence-corrected chi connectivity index (χ1v) is 8.67. The molecule has 0 unspecified atom stereocenters. The molecule has 1 heterocycles. The van der Waals surface area contributed by atoms with Crippen molar-refractivity contribution >= 4 is 11.4 Å². The van der Waals surface area contributed by atoms with Crippen LogP contribution < -0.4 is 15.4 Å². The zero-order valence-electron chi connectivity index (χ0n) is 13.6. The molecule has 23 heavy (non-hydrogen) atoms. The number of hydrogen-bond donors (Lipinski definition) is 1. The average molecular weight is 308 g/mol. The Bertz CT molecular complexity index is 711. The van der Waals surface area contributed by atoms with E-state index in [0.29, 0.717) is 6.61 Å². The van der Waals surface area contributed by atoms with Gasteiger partial charge in [0, 0.05) is 17.9 Å². The molecule has 0 radical (unpaired) electrons. The van der Waals surface area contributed by atoms with Gasteiger partial charge in [-0.2, -0.15) is 0 Å². The minimum Gasteiger partial charge on any atom is -0.492 e. The summed E-state index contributed by atoms with van der Waals surface area (Å²) < 4.78 is 6.01. The maximum Gasteiger partial charge on any atom is 0.119 e. The van der Waals surface area contributed by atoms with Crippen molar-refractivity contribution in [2.24, 2.45) is 0 Å². The first kappa shape index (κ1) is 14.4. The number of nitrogens with two attached hydrogens (primary N) is 1. The van der Waals surface area contributed by atoms with E-state index < -0.39 is 0 Å². The fraction of sp³-hybridized carbons (Fsp3) is 0.400. The molecule has 0 spiro atoms. The van der Waals surface area contributed by atoms with E-state index in [1.54, 1.807) is 0 Å². The Morgan fingerprint density at radius 1 is 0.913 bits per heavy atom. The highest BCUT2D eigenvalue weighted by molar-refractivity contribution is 5.64. The standard InChI is InChI=1S/C20H24N2O/c21-18-7-5-16-9-10-22(20(16)14-18)11-12-23-19-8-6-15-3-1-2-4-17(15)13-19/h5-8,13-14H,1-4,9-12,21H2. The molecule has 2 N–H and O–H groups in total. The second-order valence-electron chi connectivity index (χ2n) is 6.61. The summed E-state index contributed by atoms with van der Waals surface area (Å²) in [5.41, 5.74) is 12.4. The van der Waals surface area contributed by atoms with Gasteiger partial charge in [-0.1, -0.05) is 12.1 Å². The summed E-state index contributed by atoms with van der Waals surface area (Å²) in [6.07, 6.45) is 6.16. The molecule has 4 rings (SSSR count). The highest BCUT2D eigenvalue weighted by atomic mass is 16.5.